The molecular weight excluding hydrogens is 232 g/mol. The Morgan fingerprint density at radius 2 is 2.11 bits per heavy atom. The normalized spacial score (nSPS) is 16.6. The molecule has 5 heteroatoms. The van der Waals surface area contributed by atoms with Crippen LogP contribution in [0.15, 0.2) is 0 Å². The van der Waals surface area contributed by atoms with Gasteiger partial charge in [-0.3, -0.25) is 9.69 Å². The lowest BCUT2D eigenvalue weighted by Gasteiger charge is -2.34. The summed E-state index contributed by atoms with van der Waals surface area (Å²) in [5.41, 5.74) is -0.866. The zero-order valence-electron chi connectivity index (χ0n) is 12.3. The molecule has 2 atom stereocenters. The topological polar surface area (TPSA) is 61.8 Å². The van der Waals surface area contributed by atoms with E-state index in [9.17, 15) is 9.90 Å². The van der Waals surface area contributed by atoms with E-state index in [1.54, 1.807) is 14.0 Å². The molecule has 18 heavy (non-hydrogen) atoms. The van der Waals surface area contributed by atoms with Gasteiger partial charge in [0.1, 0.15) is 5.54 Å². The molecule has 0 amide bonds. The van der Waals surface area contributed by atoms with Crippen LogP contribution in [0.1, 0.15) is 34.1 Å². The highest BCUT2D eigenvalue weighted by Gasteiger charge is 2.34. The predicted molar refractivity (Wildman–Crippen MR) is 72.9 cm³/mol. The van der Waals surface area contributed by atoms with Gasteiger partial charge in [0.05, 0.1) is 6.61 Å². The van der Waals surface area contributed by atoms with Gasteiger partial charge < -0.3 is 15.2 Å². The number of aliphatic carboxylic acids is 1. The fourth-order valence-electron chi connectivity index (χ4n) is 2.24. The third-order valence-corrected chi connectivity index (χ3v) is 3.35. The van der Waals surface area contributed by atoms with E-state index in [0.717, 1.165) is 13.1 Å². The second-order valence-corrected chi connectivity index (χ2v) is 4.84. The van der Waals surface area contributed by atoms with Crippen LogP contribution in [0.4, 0.5) is 0 Å². The van der Waals surface area contributed by atoms with Crippen molar-refractivity contribution in [1.82, 2.24) is 10.2 Å². The first-order valence-electron chi connectivity index (χ1n) is 6.62. The van der Waals surface area contributed by atoms with Crippen LogP contribution in [0.5, 0.6) is 0 Å². The molecule has 0 aliphatic heterocycles. The van der Waals surface area contributed by atoms with Crippen LogP contribution in [0.25, 0.3) is 0 Å². The summed E-state index contributed by atoms with van der Waals surface area (Å²) in [5.74, 6) is -0.793. The van der Waals surface area contributed by atoms with Crippen LogP contribution < -0.4 is 5.32 Å². The van der Waals surface area contributed by atoms with Crippen molar-refractivity contribution in [1.29, 1.82) is 0 Å². The number of carboxylic acids is 1. The lowest BCUT2D eigenvalue weighted by Crippen LogP contribution is -2.53. The molecule has 2 N–H and O–H groups in total. The van der Waals surface area contributed by atoms with E-state index >= 15 is 0 Å². The Morgan fingerprint density at radius 1 is 1.50 bits per heavy atom. The van der Waals surface area contributed by atoms with E-state index in [1.165, 1.54) is 0 Å². The van der Waals surface area contributed by atoms with Gasteiger partial charge in [-0.25, -0.2) is 0 Å². The van der Waals surface area contributed by atoms with Crippen molar-refractivity contribution >= 4 is 5.97 Å². The highest BCUT2D eigenvalue weighted by Crippen LogP contribution is 2.16. The van der Waals surface area contributed by atoms with Crippen LogP contribution in [-0.2, 0) is 9.53 Å². The number of rotatable bonds is 10. The molecule has 5 nitrogen and oxygen atoms in total. The van der Waals surface area contributed by atoms with Gasteiger partial charge in [-0.05, 0) is 33.4 Å². The highest BCUT2D eigenvalue weighted by molar-refractivity contribution is 5.78. The van der Waals surface area contributed by atoms with Crippen LogP contribution in [-0.4, -0.2) is 60.9 Å². The van der Waals surface area contributed by atoms with Gasteiger partial charge in [0, 0.05) is 19.7 Å². The Balaban J connectivity index is 4.55. The van der Waals surface area contributed by atoms with Crippen LogP contribution in [0, 0.1) is 0 Å². The molecule has 0 rings (SSSR count). The van der Waals surface area contributed by atoms with Gasteiger partial charge in [-0.2, -0.15) is 0 Å². The third-order valence-electron chi connectivity index (χ3n) is 3.35. The van der Waals surface area contributed by atoms with Crippen molar-refractivity contribution in [3.05, 3.63) is 0 Å². The molecule has 0 aromatic rings. The molecule has 0 fully saturated rings. The van der Waals surface area contributed by atoms with Crippen LogP contribution in [0.2, 0.25) is 0 Å². The lowest BCUT2D eigenvalue weighted by atomic mass is 9.93. The van der Waals surface area contributed by atoms with Crippen molar-refractivity contribution in [2.75, 3.05) is 33.4 Å². The molecule has 108 valence electrons. The quantitative estimate of drug-likeness (QED) is 0.618. The number of ether oxygens (including phenoxy) is 1. The Morgan fingerprint density at radius 3 is 2.50 bits per heavy atom. The number of likely N-dealkylation sites (N-methyl/N-ethyl adjacent to an activating group) is 2. The second-order valence-electron chi connectivity index (χ2n) is 4.84. The summed E-state index contributed by atoms with van der Waals surface area (Å²) in [5, 5.41) is 12.4. The predicted octanol–water partition coefficient (Wildman–Crippen LogP) is 1.19. The molecule has 2 unspecified atom stereocenters. The van der Waals surface area contributed by atoms with E-state index in [4.69, 9.17) is 4.74 Å². The number of nitrogens with one attached hydrogen (secondary N) is 1. The molecule has 0 saturated carbocycles. The first-order chi connectivity index (χ1) is 8.41. The van der Waals surface area contributed by atoms with Crippen molar-refractivity contribution in [3.63, 3.8) is 0 Å². The van der Waals surface area contributed by atoms with Gasteiger partial charge in [0.15, 0.2) is 0 Å². The Hall–Kier alpha value is -0.650. The molecular formula is C13H28N2O3. The van der Waals surface area contributed by atoms with Crippen molar-refractivity contribution in [2.45, 2.75) is 45.7 Å². The maximum absolute atomic E-state index is 11.4. The fraction of sp³-hybridized carbons (Fsp3) is 0.923. The largest absolute Gasteiger partial charge is 0.480 e. The van der Waals surface area contributed by atoms with Gasteiger partial charge in [-0.15, -0.1) is 0 Å². The van der Waals surface area contributed by atoms with Crippen molar-refractivity contribution < 1.29 is 14.6 Å². The summed E-state index contributed by atoms with van der Waals surface area (Å²) in [7, 11) is 1.68. The third kappa shape index (κ3) is 5.33. The number of methoxy groups -OCH3 is 1. The second kappa shape index (κ2) is 8.45. The number of hydrogen-bond acceptors (Lipinski definition) is 4. The lowest BCUT2D eigenvalue weighted by molar-refractivity contribution is -0.145. The molecule has 0 aliphatic rings. The summed E-state index contributed by atoms with van der Waals surface area (Å²) in [6, 6.07) is 0.199. The van der Waals surface area contributed by atoms with Gasteiger partial charge in [0.25, 0.3) is 0 Å². The summed E-state index contributed by atoms with van der Waals surface area (Å²) >= 11 is 0. The minimum Gasteiger partial charge on any atom is -0.480 e. The minimum absolute atomic E-state index is 0.199. The Labute approximate surface area is 110 Å². The molecule has 0 bridgehead atoms. The van der Waals surface area contributed by atoms with Gasteiger partial charge >= 0.3 is 5.97 Å². The zero-order valence-corrected chi connectivity index (χ0v) is 12.3. The maximum atomic E-state index is 11.4. The number of carboxylic acid groups (broad SMARTS) is 1. The average Bonchev–Trinajstić information content (AvgIpc) is 2.30. The average molecular weight is 260 g/mol. The summed E-state index contributed by atoms with van der Waals surface area (Å²) in [6.45, 7) is 10.9. The summed E-state index contributed by atoms with van der Waals surface area (Å²) < 4.78 is 5.08. The molecule has 0 aromatic carbocycles. The summed E-state index contributed by atoms with van der Waals surface area (Å²) in [4.78, 5) is 13.6. The first-order valence-corrected chi connectivity index (χ1v) is 6.62. The number of hydrogen-bond donors (Lipinski definition) is 2. The number of carbonyl (C=O) groups is 1. The summed E-state index contributed by atoms with van der Waals surface area (Å²) in [6.07, 6.45) is 0.577. The molecule has 0 aliphatic carbocycles. The van der Waals surface area contributed by atoms with E-state index in [0.29, 0.717) is 19.6 Å². The molecule has 0 saturated heterocycles. The molecule has 0 radical (unpaired) electrons. The molecule has 0 aromatic heterocycles. The van der Waals surface area contributed by atoms with Crippen molar-refractivity contribution in [2.24, 2.45) is 0 Å². The van der Waals surface area contributed by atoms with Crippen LogP contribution in [0.3, 0.4) is 0 Å². The van der Waals surface area contributed by atoms with E-state index in [1.807, 2.05) is 6.92 Å². The SMILES string of the molecule is CCNC(C)(CC(C)N(CC)CCOC)C(=O)O. The monoisotopic (exact) mass is 260 g/mol. The maximum Gasteiger partial charge on any atom is 0.323 e. The van der Waals surface area contributed by atoms with Crippen molar-refractivity contribution in [3.8, 4) is 0 Å². The number of nitrogens with zero attached hydrogens (tertiary/aromatic N) is 1. The smallest absolute Gasteiger partial charge is 0.323 e. The first kappa shape index (κ1) is 17.4. The highest BCUT2D eigenvalue weighted by atomic mass is 16.5. The Kier molecular flexibility index (Phi) is 8.15. The zero-order chi connectivity index (χ0) is 14.2. The van der Waals surface area contributed by atoms with Gasteiger partial charge in [0.2, 0.25) is 0 Å². The van der Waals surface area contributed by atoms with E-state index < -0.39 is 11.5 Å². The van der Waals surface area contributed by atoms with Crippen LogP contribution >= 0.6 is 0 Å². The van der Waals surface area contributed by atoms with Gasteiger partial charge in [-0.1, -0.05) is 13.8 Å². The molecule has 0 spiro atoms. The van der Waals surface area contributed by atoms with E-state index in [2.05, 4.69) is 24.1 Å². The van der Waals surface area contributed by atoms with E-state index in [-0.39, 0.29) is 6.04 Å². The fourth-order valence-corrected chi connectivity index (χ4v) is 2.24. The standard InChI is InChI=1S/C13H28N2O3/c1-6-14-13(4,12(16)17)10-11(3)15(7-2)8-9-18-5/h11,14H,6-10H2,1-5H3,(H,16,17). The molecule has 0 heterocycles. The Bertz CT molecular complexity index is 248. The minimum atomic E-state index is -0.866.